The van der Waals surface area contributed by atoms with Crippen LogP contribution in [0.25, 0.3) is 0 Å². The van der Waals surface area contributed by atoms with Crippen molar-refractivity contribution < 1.29 is 43.8 Å². The molecule has 2 fully saturated rings. The third kappa shape index (κ3) is 9.59. The quantitative estimate of drug-likeness (QED) is 0.0328. The average Bonchev–Trinajstić information content (AvgIpc) is 4.13. The molecular weight excluding hydrogens is 779 g/mol. The lowest BCUT2D eigenvalue weighted by Crippen LogP contribution is -2.70. The van der Waals surface area contributed by atoms with Crippen molar-refractivity contribution in [2.75, 3.05) is 26.4 Å². The third-order valence-corrected chi connectivity index (χ3v) is 12.5. The predicted octanol–water partition coefficient (Wildman–Crippen LogP) is 8.68. The van der Waals surface area contributed by atoms with Crippen molar-refractivity contribution in [3.05, 3.63) is 118 Å². The number of nitrogens with zero attached hydrogens (tertiary/aromatic N) is 3. The zero-order valence-electron chi connectivity index (χ0n) is 34.9. The molecule has 3 aliphatic carbocycles. The molecule has 3 aromatic carbocycles. The molecular formula is C48H57N3O10. The van der Waals surface area contributed by atoms with Crippen LogP contribution in [0.5, 0.6) is 17.2 Å². The minimum Gasteiger partial charge on any atom is -0.459 e. The summed E-state index contributed by atoms with van der Waals surface area (Å²) in [6.07, 6.45) is 11.9. The van der Waals surface area contributed by atoms with E-state index in [0.717, 1.165) is 55.9 Å². The minimum absolute atomic E-state index is 0.0165. The van der Waals surface area contributed by atoms with Crippen LogP contribution in [0, 0.1) is 33.8 Å². The second-order valence-corrected chi connectivity index (χ2v) is 16.6. The fraction of sp³-hybridized carbons (Fsp3) is 0.479. The predicted molar refractivity (Wildman–Crippen MR) is 229 cm³/mol. The molecule has 2 N–H and O–H groups in total. The second-order valence-electron chi connectivity index (χ2n) is 16.6. The summed E-state index contributed by atoms with van der Waals surface area (Å²) in [5.74, 6) is -0.313. The van der Waals surface area contributed by atoms with Gasteiger partial charge in [-0.1, -0.05) is 49.2 Å². The molecule has 0 saturated heterocycles. The van der Waals surface area contributed by atoms with Gasteiger partial charge in [-0.05, 0) is 110 Å². The number of hydrogen-bond acceptors (Lipinski definition) is 11. The lowest BCUT2D eigenvalue weighted by molar-refractivity contribution is -0.384. The van der Waals surface area contributed by atoms with Crippen molar-refractivity contribution in [2.45, 2.75) is 95.5 Å². The number of nitro benzene ring substituents is 1. The first-order valence-electron chi connectivity index (χ1n) is 21.7. The van der Waals surface area contributed by atoms with Crippen LogP contribution in [-0.2, 0) is 21.0 Å². The third-order valence-electron chi connectivity index (χ3n) is 12.5. The smallest absolute Gasteiger partial charge is 0.269 e. The summed E-state index contributed by atoms with van der Waals surface area (Å²) in [7, 11) is 0. The number of carbonyl (C=O) groups is 2. The first kappa shape index (κ1) is 43.7. The number of carbonyl (C=O) groups excluding carboxylic acids is 2. The van der Waals surface area contributed by atoms with Gasteiger partial charge in [0.1, 0.15) is 36.2 Å². The van der Waals surface area contributed by atoms with Gasteiger partial charge < -0.3 is 34.2 Å². The standard InChI is InChI=1S/C48H57N3O10/c1-3-22-50(47(55)34-16-17-34)44-29-42(49-59-31-32-14-18-36(19-15-32)51(56)57)40-27-35(11-5-7-23-52)39(13-6-8-24-53)45-41-28-38(60-37-12-9-10-33(26-37)30-54)20-21-43(41)61-48(44,46(40)45)58-25-4-2/h4,9-10,12,14-15,18-21,26-28,30,34-35,39,44-46,52-53H,2-3,5-8,11,13,16-17,22-25,29,31H2,1H3/t35-,39+,44-,45+,46+,48+/m0/s1. The lowest BCUT2D eigenvalue weighted by Gasteiger charge is -2.60. The van der Waals surface area contributed by atoms with Gasteiger partial charge in [0, 0.05) is 61.3 Å². The van der Waals surface area contributed by atoms with Crippen LogP contribution in [0.4, 0.5) is 5.69 Å². The van der Waals surface area contributed by atoms with Crippen LogP contribution < -0.4 is 9.47 Å². The molecule has 61 heavy (non-hydrogen) atoms. The molecule has 4 aliphatic rings. The summed E-state index contributed by atoms with van der Waals surface area (Å²) >= 11 is 0. The van der Waals surface area contributed by atoms with Crippen molar-refractivity contribution in [1.82, 2.24) is 4.90 Å². The zero-order valence-corrected chi connectivity index (χ0v) is 34.9. The monoisotopic (exact) mass is 835 g/mol. The van der Waals surface area contributed by atoms with E-state index >= 15 is 0 Å². The molecule has 0 bridgehead atoms. The van der Waals surface area contributed by atoms with Gasteiger partial charge in [0.2, 0.25) is 11.7 Å². The normalized spacial score (nSPS) is 24.4. The molecule has 0 spiro atoms. The molecule has 6 atom stereocenters. The molecule has 0 radical (unpaired) electrons. The number of nitro groups is 1. The molecule has 3 aromatic rings. The maximum Gasteiger partial charge on any atom is 0.269 e. The van der Waals surface area contributed by atoms with Crippen molar-refractivity contribution >= 4 is 23.6 Å². The number of aliphatic hydroxyl groups excluding tert-OH is 2. The van der Waals surface area contributed by atoms with Gasteiger partial charge in [0.25, 0.3) is 5.69 Å². The Morgan fingerprint density at radius 1 is 1.03 bits per heavy atom. The van der Waals surface area contributed by atoms with Gasteiger partial charge in [-0.15, -0.1) is 6.58 Å². The van der Waals surface area contributed by atoms with E-state index in [9.17, 15) is 29.9 Å². The number of oxime groups is 1. The lowest BCUT2D eigenvalue weighted by atomic mass is 9.55. The van der Waals surface area contributed by atoms with Crippen LogP contribution in [0.15, 0.2) is 96.2 Å². The summed E-state index contributed by atoms with van der Waals surface area (Å²) in [6.45, 7) is 6.94. The van der Waals surface area contributed by atoms with E-state index in [1.54, 1.807) is 42.5 Å². The Morgan fingerprint density at radius 3 is 2.48 bits per heavy atom. The number of amides is 1. The molecule has 0 aromatic heterocycles. The van der Waals surface area contributed by atoms with E-state index in [0.29, 0.717) is 59.9 Å². The largest absolute Gasteiger partial charge is 0.459 e. The summed E-state index contributed by atoms with van der Waals surface area (Å²) in [6, 6.07) is 18.3. The number of rotatable bonds is 22. The van der Waals surface area contributed by atoms with Gasteiger partial charge in [-0.25, -0.2) is 0 Å². The van der Waals surface area contributed by atoms with Gasteiger partial charge in [0.05, 0.1) is 23.2 Å². The molecule has 7 rings (SSSR count). The topological polar surface area (TPSA) is 170 Å². The first-order chi connectivity index (χ1) is 29.7. The van der Waals surface area contributed by atoms with Gasteiger partial charge >= 0.3 is 0 Å². The number of unbranched alkanes of at least 4 members (excludes halogenated alkanes) is 2. The number of non-ortho nitro benzene ring substituents is 1. The maximum absolute atomic E-state index is 14.4. The number of ether oxygens (including phenoxy) is 3. The van der Waals surface area contributed by atoms with Crippen molar-refractivity contribution in [2.24, 2.45) is 28.8 Å². The van der Waals surface area contributed by atoms with Crippen LogP contribution in [0.1, 0.15) is 98.5 Å². The highest BCUT2D eigenvalue weighted by atomic mass is 16.7. The molecule has 13 heteroatoms. The highest BCUT2D eigenvalue weighted by molar-refractivity contribution is 6.03. The van der Waals surface area contributed by atoms with E-state index in [1.165, 1.54) is 12.1 Å². The van der Waals surface area contributed by atoms with E-state index < -0.39 is 22.7 Å². The highest BCUT2D eigenvalue weighted by Gasteiger charge is 2.65. The molecule has 0 unspecified atom stereocenters. The fourth-order valence-corrected chi connectivity index (χ4v) is 9.62. The fourth-order valence-electron chi connectivity index (χ4n) is 9.62. The minimum atomic E-state index is -1.36. The summed E-state index contributed by atoms with van der Waals surface area (Å²) < 4.78 is 20.8. The zero-order chi connectivity index (χ0) is 42.9. The van der Waals surface area contributed by atoms with E-state index in [2.05, 4.69) is 19.6 Å². The summed E-state index contributed by atoms with van der Waals surface area (Å²) in [4.78, 5) is 45.1. The Kier molecular flexibility index (Phi) is 14.3. The van der Waals surface area contributed by atoms with Crippen LogP contribution >= 0.6 is 0 Å². The Balaban J connectivity index is 1.41. The molecule has 1 amide bonds. The number of hydrogen-bond donors (Lipinski definition) is 2. The van der Waals surface area contributed by atoms with E-state index in [4.69, 9.17) is 24.2 Å². The van der Waals surface area contributed by atoms with Crippen molar-refractivity contribution in [1.29, 1.82) is 0 Å². The van der Waals surface area contributed by atoms with E-state index in [1.807, 2.05) is 23.1 Å². The number of aliphatic hydroxyl groups is 2. The van der Waals surface area contributed by atoms with Gasteiger partial charge in [-0.2, -0.15) is 0 Å². The number of benzene rings is 3. The maximum atomic E-state index is 14.4. The summed E-state index contributed by atoms with van der Waals surface area (Å²) in [5.41, 5.74) is 3.69. The molecule has 1 heterocycles. The Hall–Kier alpha value is -5.37. The van der Waals surface area contributed by atoms with Crippen LogP contribution in [0.2, 0.25) is 0 Å². The SMILES string of the molecule is C=CCO[C@@]12Oc3ccc(Oc4cccc(C=O)c4)cc3[C@H]3[C@H](CCCCO)[C@@H](CCCCO)C=C(C(=NOCc4ccc([N+](=O)[O-])cc4)C[C@@H]1N(CCC)C(=O)C1CC1)[C@H]32. The Morgan fingerprint density at radius 2 is 1.79 bits per heavy atom. The summed E-state index contributed by atoms with van der Waals surface area (Å²) in [5, 5.41) is 36.0. The van der Waals surface area contributed by atoms with Gasteiger partial charge in [0.15, 0.2) is 0 Å². The van der Waals surface area contributed by atoms with E-state index in [-0.39, 0.29) is 68.1 Å². The van der Waals surface area contributed by atoms with Crippen LogP contribution in [0.3, 0.4) is 0 Å². The molecule has 324 valence electrons. The molecule has 1 aliphatic heterocycles. The first-order valence-corrected chi connectivity index (χ1v) is 21.7. The average molecular weight is 836 g/mol. The molecule has 13 nitrogen and oxygen atoms in total. The number of fused-ring (bicyclic) bond motifs is 2. The van der Waals surface area contributed by atoms with Crippen molar-refractivity contribution in [3.63, 3.8) is 0 Å². The highest BCUT2D eigenvalue weighted by Crippen LogP contribution is 2.62. The molecule has 2 saturated carbocycles. The van der Waals surface area contributed by atoms with Gasteiger partial charge in [-0.3, -0.25) is 19.7 Å². The number of allylic oxidation sites excluding steroid dienone is 1. The Bertz CT molecular complexity index is 2100. The van der Waals surface area contributed by atoms with Crippen LogP contribution in [-0.4, -0.2) is 76.1 Å². The van der Waals surface area contributed by atoms with Crippen molar-refractivity contribution in [3.8, 4) is 17.2 Å². The number of aldehydes is 1. The Labute approximate surface area is 357 Å². The second kappa shape index (κ2) is 20.0.